The minimum absolute atomic E-state index is 0.622. The number of nitrogens with zero attached hydrogens (tertiary/aromatic N) is 3. The van der Waals surface area contributed by atoms with Gasteiger partial charge in [-0.15, -0.1) is 0 Å². The van der Waals surface area contributed by atoms with E-state index in [0.29, 0.717) is 5.56 Å². The minimum Gasteiger partial charge on any atom is -0.453 e. The van der Waals surface area contributed by atoms with E-state index in [2.05, 4.69) is 90.7 Å². The van der Waals surface area contributed by atoms with Gasteiger partial charge in [0.1, 0.15) is 0 Å². The van der Waals surface area contributed by atoms with Crippen molar-refractivity contribution in [1.29, 1.82) is 5.26 Å². The van der Waals surface area contributed by atoms with Crippen LogP contribution in [0.15, 0.2) is 133 Å². The number of aromatic nitrogens is 1. The smallest absolute Gasteiger partial charge is 0.151 e. The summed E-state index contributed by atoms with van der Waals surface area (Å²) in [6.07, 6.45) is 0. The lowest BCUT2D eigenvalue weighted by Crippen LogP contribution is -2.16. The summed E-state index contributed by atoms with van der Waals surface area (Å²) in [4.78, 5) is 7.65. The van der Waals surface area contributed by atoms with Gasteiger partial charge in [-0.25, -0.2) is 4.98 Å². The molecule has 8 rings (SSSR count). The van der Waals surface area contributed by atoms with Crippen LogP contribution in [0.5, 0.6) is 11.5 Å². The van der Waals surface area contributed by atoms with Crippen LogP contribution in [0.2, 0.25) is 0 Å². The molecule has 0 aliphatic carbocycles. The summed E-state index contributed by atoms with van der Waals surface area (Å²) in [7, 11) is 0. The number of benzene rings is 6. The van der Waals surface area contributed by atoms with Crippen molar-refractivity contribution >= 4 is 38.7 Å². The molecule has 0 unspecified atom stereocenters. The number of fused-ring (bicyclic) bond motifs is 4. The number of aryl methyl sites for hydroxylation is 1. The van der Waals surface area contributed by atoms with Crippen molar-refractivity contribution in [1.82, 2.24) is 4.98 Å². The van der Waals surface area contributed by atoms with E-state index < -0.39 is 0 Å². The highest BCUT2D eigenvalue weighted by Gasteiger charge is 2.28. The molecule has 0 N–H and O–H groups in total. The molecular formula is C39H25N3O. The third kappa shape index (κ3) is 4.02. The zero-order chi connectivity index (χ0) is 28.9. The van der Waals surface area contributed by atoms with E-state index in [4.69, 9.17) is 9.72 Å². The molecule has 0 amide bonds. The molecule has 2 heterocycles. The molecule has 0 atom stereocenters. The van der Waals surface area contributed by atoms with Crippen LogP contribution in [0, 0.1) is 18.3 Å². The van der Waals surface area contributed by atoms with Crippen LogP contribution >= 0.6 is 0 Å². The minimum atomic E-state index is 0.622. The van der Waals surface area contributed by atoms with Gasteiger partial charge >= 0.3 is 0 Å². The molecule has 0 saturated heterocycles. The average molecular weight is 552 g/mol. The highest BCUT2D eigenvalue weighted by molar-refractivity contribution is 6.11. The monoisotopic (exact) mass is 551 g/mol. The molecule has 0 radical (unpaired) electrons. The number of ether oxygens (including phenoxy) is 1. The van der Waals surface area contributed by atoms with Crippen molar-refractivity contribution in [3.05, 3.63) is 145 Å². The molecule has 7 aromatic rings. The zero-order valence-electron chi connectivity index (χ0n) is 23.5. The Labute approximate surface area is 249 Å². The molecule has 0 spiro atoms. The zero-order valence-corrected chi connectivity index (χ0v) is 23.5. The number of nitriles is 1. The van der Waals surface area contributed by atoms with E-state index in [-0.39, 0.29) is 0 Å². The summed E-state index contributed by atoms with van der Waals surface area (Å²) in [5.74, 6) is 1.60. The molecule has 4 nitrogen and oxygen atoms in total. The second-order valence-corrected chi connectivity index (χ2v) is 10.8. The van der Waals surface area contributed by atoms with Gasteiger partial charge < -0.3 is 9.64 Å². The van der Waals surface area contributed by atoms with Crippen molar-refractivity contribution in [2.24, 2.45) is 0 Å². The largest absolute Gasteiger partial charge is 0.453 e. The van der Waals surface area contributed by atoms with Crippen molar-refractivity contribution in [3.8, 4) is 40.0 Å². The molecule has 0 fully saturated rings. The van der Waals surface area contributed by atoms with E-state index in [1.54, 1.807) is 0 Å². The highest BCUT2D eigenvalue weighted by atomic mass is 16.5. The number of anilines is 3. The summed E-state index contributed by atoms with van der Waals surface area (Å²) in [5.41, 5.74) is 9.65. The van der Waals surface area contributed by atoms with Gasteiger partial charge in [0.15, 0.2) is 11.5 Å². The fourth-order valence-corrected chi connectivity index (χ4v) is 6.18. The topological polar surface area (TPSA) is 49.1 Å². The second kappa shape index (κ2) is 9.87. The first-order valence-electron chi connectivity index (χ1n) is 14.3. The lowest BCUT2D eigenvalue weighted by molar-refractivity contribution is 0.477. The summed E-state index contributed by atoms with van der Waals surface area (Å²) in [6.45, 7) is 2.16. The van der Waals surface area contributed by atoms with Crippen LogP contribution in [0.4, 0.5) is 17.1 Å². The summed E-state index contributed by atoms with van der Waals surface area (Å²) in [5, 5.41) is 12.9. The maximum Gasteiger partial charge on any atom is 0.151 e. The van der Waals surface area contributed by atoms with E-state index in [0.717, 1.165) is 67.4 Å². The fraction of sp³-hybridized carbons (Fsp3) is 0.0256. The molecule has 43 heavy (non-hydrogen) atoms. The van der Waals surface area contributed by atoms with Gasteiger partial charge in [0, 0.05) is 10.9 Å². The van der Waals surface area contributed by atoms with Crippen LogP contribution < -0.4 is 9.64 Å². The Hall–Kier alpha value is -5.92. The Bertz CT molecular complexity index is 2200. The van der Waals surface area contributed by atoms with Crippen molar-refractivity contribution in [2.75, 3.05) is 4.90 Å². The van der Waals surface area contributed by atoms with Gasteiger partial charge in [-0.05, 0) is 82.9 Å². The van der Waals surface area contributed by atoms with Gasteiger partial charge in [-0.1, -0.05) is 84.9 Å². The first kappa shape index (κ1) is 24.8. The number of hydrogen-bond donors (Lipinski definition) is 0. The van der Waals surface area contributed by atoms with Crippen LogP contribution in [0.25, 0.3) is 44.1 Å². The fourth-order valence-electron chi connectivity index (χ4n) is 6.18. The van der Waals surface area contributed by atoms with Crippen LogP contribution in [-0.2, 0) is 0 Å². The SMILES string of the molecule is Cc1ccc(N2c3ccccc3Oc3ccccc32)c2nc(-c3ccc(C#N)cc3)cc(-c3cccc4ccccc34)c12. The Morgan fingerprint density at radius 1 is 0.651 bits per heavy atom. The predicted octanol–water partition coefficient (Wildman–Crippen LogP) is 10.5. The molecule has 6 aromatic carbocycles. The summed E-state index contributed by atoms with van der Waals surface area (Å²) >= 11 is 0. The number of hydrogen-bond acceptors (Lipinski definition) is 4. The first-order chi connectivity index (χ1) is 21.2. The van der Waals surface area contributed by atoms with E-state index in [9.17, 15) is 5.26 Å². The Morgan fingerprint density at radius 3 is 2.07 bits per heavy atom. The quantitative estimate of drug-likeness (QED) is 0.219. The third-order valence-electron chi connectivity index (χ3n) is 8.21. The predicted molar refractivity (Wildman–Crippen MR) is 174 cm³/mol. The number of rotatable bonds is 3. The lowest BCUT2D eigenvalue weighted by Gasteiger charge is -2.33. The van der Waals surface area contributed by atoms with Gasteiger partial charge in [-0.3, -0.25) is 0 Å². The highest BCUT2D eigenvalue weighted by Crippen LogP contribution is 2.52. The number of pyridine rings is 1. The summed E-state index contributed by atoms with van der Waals surface area (Å²) in [6, 6.07) is 47.7. The molecule has 1 aliphatic rings. The van der Waals surface area contributed by atoms with Crippen molar-refractivity contribution in [3.63, 3.8) is 0 Å². The Balaban J connectivity index is 1.49. The van der Waals surface area contributed by atoms with E-state index >= 15 is 0 Å². The van der Waals surface area contributed by atoms with E-state index in [1.807, 2.05) is 60.7 Å². The van der Waals surface area contributed by atoms with Crippen molar-refractivity contribution < 1.29 is 4.74 Å². The van der Waals surface area contributed by atoms with Crippen molar-refractivity contribution in [2.45, 2.75) is 6.92 Å². The molecular weight excluding hydrogens is 526 g/mol. The van der Waals surface area contributed by atoms with E-state index in [1.165, 1.54) is 10.8 Å². The second-order valence-electron chi connectivity index (χ2n) is 10.8. The van der Waals surface area contributed by atoms with Crippen LogP contribution in [0.1, 0.15) is 11.1 Å². The molecule has 0 bridgehead atoms. The van der Waals surface area contributed by atoms with Gasteiger partial charge in [0.25, 0.3) is 0 Å². The normalized spacial score (nSPS) is 12.0. The van der Waals surface area contributed by atoms with Gasteiger partial charge in [0.2, 0.25) is 0 Å². The molecule has 202 valence electrons. The lowest BCUT2D eigenvalue weighted by atomic mass is 9.91. The third-order valence-corrected chi connectivity index (χ3v) is 8.21. The Kier molecular flexibility index (Phi) is 5.70. The Morgan fingerprint density at radius 2 is 1.33 bits per heavy atom. The van der Waals surface area contributed by atoms with Gasteiger partial charge in [0.05, 0.1) is 39.9 Å². The average Bonchev–Trinajstić information content (AvgIpc) is 3.07. The van der Waals surface area contributed by atoms with Crippen LogP contribution in [0.3, 0.4) is 0 Å². The number of para-hydroxylation sites is 4. The molecule has 0 saturated carbocycles. The summed E-state index contributed by atoms with van der Waals surface area (Å²) < 4.78 is 6.33. The molecule has 1 aromatic heterocycles. The van der Waals surface area contributed by atoms with Gasteiger partial charge in [-0.2, -0.15) is 5.26 Å². The standard InChI is InChI=1S/C39H25N3O/c1-25-17-22-35(42-33-13-4-6-15-36(33)43-37-16-7-5-14-34(37)42)39-38(25)31(30-12-8-10-27-9-2-3-11-29(27)30)23-32(41-39)28-20-18-26(24-40)19-21-28/h2-23H,1H3. The maximum absolute atomic E-state index is 9.42. The first-order valence-corrected chi connectivity index (χ1v) is 14.3. The maximum atomic E-state index is 9.42. The van der Waals surface area contributed by atoms with Crippen LogP contribution in [-0.4, -0.2) is 4.98 Å². The molecule has 4 heteroatoms. The molecule has 1 aliphatic heterocycles.